The molecule has 0 aromatic heterocycles. The Bertz CT molecular complexity index is 277. The fourth-order valence-electron chi connectivity index (χ4n) is 0.734. The number of quaternary nitrogens is 1. The van der Waals surface area contributed by atoms with Crippen molar-refractivity contribution in [3.8, 4) is 11.5 Å². The van der Waals surface area contributed by atoms with Crippen molar-refractivity contribution in [1.29, 1.82) is 0 Å². The molecule has 0 radical (unpaired) electrons. The second kappa shape index (κ2) is 3.59. The summed E-state index contributed by atoms with van der Waals surface area (Å²) in [6.07, 6.45) is 0. The molecule has 0 saturated heterocycles. The topological polar surface area (TPSA) is 117 Å². The molecular formula is C7H9NO4. The van der Waals surface area contributed by atoms with Crippen LogP contribution in [0, 0.1) is 0 Å². The number of rotatable bonds is 1. The van der Waals surface area contributed by atoms with E-state index >= 15 is 0 Å². The number of benzene rings is 1. The summed E-state index contributed by atoms with van der Waals surface area (Å²) < 4.78 is 0. The second-order valence-corrected chi connectivity index (χ2v) is 1.96. The fraction of sp³-hybridized carbons (Fsp3) is 0. The summed E-state index contributed by atoms with van der Waals surface area (Å²) in [5.74, 6) is -2.59. The van der Waals surface area contributed by atoms with E-state index in [1.54, 1.807) is 0 Å². The number of aromatic carboxylic acids is 1. The highest BCUT2D eigenvalue weighted by atomic mass is 16.4. The average molecular weight is 171 g/mol. The molecule has 66 valence electrons. The Balaban J connectivity index is 0.00000121. The zero-order chi connectivity index (χ0) is 8.43. The molecule has 0 heterocycles. The molecule has 0 aliphatic heterocycles. The maximum atomic E-state index is 10.7. The maximum absolute atomic E-state index is 10.7. The van der Waals surface area contributed by atoms with Crippen molar-refractivity contribution in [1.82, 2.24) is 6.15 Å². The molecule has 5 heteroatoms. The number of carbonyl (C=O) groups is 1. The van der Waals surface area contributed by atoms with E-state index in [0.717, 1.165) is 12.1 Å². The normalized spacial score (nSPS) is 8.67. The summed E-state index contributed by atoms with van der Waals surface area (Å²) in [4.78, 5) is 10.3. The van der Waals surface area contributed by atoms with Gasteiger partial charge in [-0.15, -0.1) is 0 Å². The summed E-state index contributed by atoms with van der Waals surface area (Å²) in [5, 5.41) is 28.0. The molecule has 0 fully saturated rings. The van der Waals surface area contributed by atoms with Crippen LogP contribution in [0.5, 0.6) is 11.5 Å². The van der Waals surface area contributed by atoms with Crippen molar-refractivity contribution in [2.45, 2.75) is 0 Å². The van der Waals surface area contributed by atoms with Crippen LogP contribution in [-0.4, -0.2) is 16.2 Å². The minimum Gasteiger partial charge on any atom is -0.872 e. The van der Waals surface area contributed by atoms with Gasteiger partial charge in [-0.25, -0.2) is 4.79 Å². The van der Waals surface area contributed by atoms with Crippen molar-refractivity contribution in [2.75, 3.05) is 0 Å². The molecule has 5 nitrogen and oxygen atoms in total. The minimum atomic E-state index is -1.41. The molecule has 0 unspecified atom stereocenters. The van der Waals surface area contributed by atoms with Crippen LogP contribution >= 0.6 is 0 Å². The van der Waals surface area contributed by atoms with Crippen molar-refractivity contribution >= 4 is 5.97 Å². The Morgan fingerprint density at radius 1 is 1.42 bits per heavy atom. The molecule has 1 aromatic carbocycles. The zero-order valence-electron chi connectivity index (χ0n) is 6.44. The third kappa shape index (κ3) is 1.64. The van der Waals surface area contributed by atoms with Crippen molar-refractivity contribution in [3.05, 3.63) is 23.8 Å². The van der Waals surface area contributed by atoms with E-state index in [1.807, 2.05) is 0 Å². The number of hydrogen-bond donors (Lipinski definition) is 3. The van der Waals surface area contributed by atoms with E-state index in [4.69, 9.17) is 10.2 Å². The molecule has 0 saturated carbocycles. The van der Waals surface area contributed by atoms with Gasteiger partial charge in [-0.2, -0.15) is 0 Å². The second-order valence-electron chi connectivity index (χ2n) is 1.96. The highest BCUT2D eigenvalue weighted by Gasteiger charge is 2.08. The van der Waals surface area contributed by atoms with Gasteiger partial charge in [0.2, 0.25) is 0 Å². The van der Waals surface area contributed by atoms with Gasteiger partial charge in [0, 0.05) is 0 Å². The average Bonchev–Trinajstić information content (AvgIpc) is 1.85. The number of phenols is 1. The van der Waals surface area contributed by atoms with Crippen LogP contribution in [0.2, 0.25) is 0 Å². The predicted octanol–water partition coefficient (Wildman–Crippen LogP) is 0.540. The summed E-state index contributed by atoms with van der Waals surface area (Å²) in [7, 11) is 0. The van der Waals surface area contributed by atoms with Crippen LogP contribution in [0.3, 0.4) is 0 Å². The third-order valence-electron chi connectivity index (χ3n) is 1.22. The molecular weight excluding hydrogens is 162 g/mol. The first kappa shape index (κ1) is 10.2. The SMILES string of the molecule is O=C(O)c1c([O-])cccc1O.[NH4+]. The molecule has 0 amide bonds. The van der Waals surface area contributed by atoms with Crippen LogP contribution in [-0.2, 0) is 0 Å². The number of carboxylic acid groups (broad SMARTS) is 1. The lowest BCUT2D eigenvalue weighted by atomic mass is 10.2. The van der Waals surface area contributed by atoms with E-state index in [-0.39, 0.29) is 6.15 Å². The Hall–Kier alpha value is -1.75. The standard InChI is InChI=1S/C7H6O4.H3N/c8-4-2-1-3-5(9)6(4)7(10)11;/h1-3,8-9H,(H,10,11);1H3. The van der Waals surface area contributed by atoms with Gasteiger partial charge in [0.25, 0.3) is 0 Å². The quantitative estimate of drug-likeness (QED) is 0.571. The smallest absolute Gasteiger partial charge is 0.338 e. The van der Waals surface area contributed by atoms with Gasteiger partial charge in [0.1, 0.15) is 5.75 Å². The Kier molecular flexibility index (Phi) is 3.06. The Morgan fingerprint density at radius 2 is 2.00 bits per heavy atom. The van der Waals surface area contributed by atoms with Crippen LogP contribution in [0.25, 0.3) is 0 Å². The van der Waals surface area contributed by atoms with E-state index in [1.165, 1.54) is 6.07 Å². The van der Waals surface area contributed by atoms with Crippen molar-refractivity contribution < 1.29 is 20.1 Å². The minimum absolute atomic E-state index is 0. The maximum Gasteiger partial charge on any atom is 0.338 e. The highest BCUT2D eigenvalue weighted by Crippen LogP contribution is 2.23. The van der Waals surface area contributed by atoms with Gasteiger partial charge >= 0.3 is 5.97 Å². The first-order chi connectivity index (χ1) is 5.13. The molecule has 1 aromatic rings. The third-order valence-corrected chi connectivity index (χ3v) is 1.22. The number of carboxylic acids is 1. The molecule has 0 atom stereocenters. The monoisotopic (exact) mass is 171 g/mol. The van der Waals surface area contributed by atoms with Crippen molar-refractivity contribution in [2.24, 2.45) is 0 Å². The molecule has 0 bridgehead atoms. The van der Waals surface area contributed by atoms with Gasteiger partial charge in [-0.3, -0.25) is 0 Å². The van der Waals surface area contributed by atoms with Crippen molar-refractivity contribution in [3.63, 3.8) is 0 Å². The molecule has 12 heavy (non-hydrogen) atoms. The molecule has 0 spiro atoms. The van der Waals surface area contributed by atoms with E-state index in [2.05, 4.69) is 0 Å². The summed E-state index contributed by atoms with van der Waals surface area (Å²) in [5.41, 5.74) is -0.576. The Morgan fingerprint density at radius 3 is 2.33 bits per heavy atom. The van der Waals surface area contributed by atoms with Gasteiger partial charge < -0.3 is 21.5 Å². The molecule has 6 N–H and O–H groups in total. The summed E-state index contributed by atoms with van der Waals surface area (Å²) in [6, 6.07) is 3.54. The van der Waals surface area contributed by atoms with E-state index < -0.39 is 23.0 Å². The molecule has 0 aliphatic rings. The van der Waals surface area contributed by atoms with Crippen LogP contribution in [0.4, 0.5) is 0 Å². The van der Waals surface area contributed by atoms with E-state index in [9.17, 15) is 9.90 Å². The van der Waals surface area contributed by atoms with Crippen LogP contribution in [0.15, 0.2) is 18.2 Å². The van der Waals surface area contributed by atoms with Gasteiger partial charge in [0.05, 0.1) is 5.56 Å². The highest BCUT2D eigenvalue weighted by molar-refractivity contribution is 5.93. The van der Waals surface area contributed by atoms with E-state index in [0.29, 0.717) is 0 Å². The van der Waals surface area contributed by atoms with Gasteiger partial charge in [-0.1, -0.05) is 17.9 Å². The number of hydrogen-bond acceptors (Lipinski definition) is 3. The van der Waals surface area contributed by atoms with Crippen LogP contribution < -0.4 is 11.3 Å². The Labute approximate surface area is 68.5 Å². The zero-order valence-corrected chi connectivity index (χ0v) is 6.44. The lowest BCUT2D eigenvalue weighted by Gasteiger charge is -2.09. The van der Waals surface area contributed by atoms with Gasteiger partial charge in [0.15, 0.2) is 0 Å². The largest absolute Gasteiger partial charge is 0.872 e. The first-order valence-electron chi connectivity index (χ1n) is 2.85. The fourth-order valence-corrected chi connectivity index (χ4v) is 0.734. The first-order valence-corrected chi connectivity index (χ1v) is 2.85. The lowest BCUT2D eigenvalue weighted by molar-refractivity contribution is -0.268. The van der Waals surface area contributed by atoms with Crippen LogP contribution in [0.1, 0.15) is 10.4 Å². The molecule has 1 rings (SSSR count). The summed E-state index contributed by atoms with van der Waals surface area (Å²) >= 11 is 0. The molecule has 0 aliphatic carbocycles. The number of aromatic hydroxyl groups is 1. The predicted molar refractivity (Wildman–Crippen MR) is 40.5 cm³/mol. The van der Waals surface area contributed by atoms with Gasteiger partial charge in [-0.05, 0) is 6.07 Å². The lowest BCUT2D eigenvalue weighted by Crippen LogP contribution is -2.03. The summed E-state index contributed by atoms with van der Waals surface area (Å²) in [6.45, 7) is 0.